The molecule has 2 nitrogen and oxygen atoms in total. The lowest BCUT2D eigenvalue weighted by molar-refractivity contribution is 0.298. The van der Waals surface area contributed by atoms with Gasteiger partial charge in [0, 0.05) is 0 Å². The Labute approximate surface area is 64.9 Å². The zero-order valence-corrected chi connectivity index (χ0v) is 8.69. The van der Waals surface area contributed by atoms with Gasteiger partial charge < -0.3 is 10.2 Å². The zero-order chi connectivity index (χ0) is 8.41. The second-order valence-electron chi connectivity index (χ2n) is 4.07. The summed E-state index contributed by atoms with van der Waals surface area (Å²) in [4.78, 5) is 0. The van der Waals surface area contributed by atoms with Gasteiger partial charge in [0.05, 0.1) is 6.73 Å². The second kappa shape index (κ2) is 3.03. The predicted octanol–water partition coefficient (Wildman–Crippen LogP) is 1.92. The summed E-state index contributed by atoms with van der Waals surface area (Å²) in [6, 6.07) is 0. The van der Waals surface area contributed by atoms with Crippen LogP contribution in [-0.2, 0) is 4.43 Å². The van der Waals surface area contributed by atoms with E-state index in [0.29, 0.717) is 6.73 Å². The predicted molar refractivity (Wildman–Crippen MR) is 47.3 cm³/mol. The van der Waals surface area contributed by atoms with Crippen LogP contribution in [0, 0.1) is 0 Å². The summed E-state index contributed by atoms with van der Waals surface area (Å²) in [7, 11) is -1.53. The van der Waals surface area contributed by atoms with Crippen molar-refractivity contribution in [3.05, 3.63) is 0 Å². The van der Waals surface area contributed by atoms with Crippen molar-refractivity contribution in [2.24, 2.45) is 5.73 Å². The first-order chi connectivity index (χ1) is 4.31. The number of hydrogen-bond donors (Lipinski definition) is 1. The van der Waals surface area contributed by atoms with Crippen LogP contribution >= 0.6 is 0 Å². The zero-order valence-electron chi connectivity index (χ0n) is 7.69. The third-order valence-corrected chi connectivity index (χ3v) is 6.75. The minimum absolute atomic E-state index is 0.284. The highest BCUT2D eigenvalue weighted by atomic mass is 28.4. The van der Waals surface area contributed by atoms with Crippen LogP contribution in [0.2, 0.25) is 18.1 Å². The smallest absolute Gasteiger partial charge is 0.193 e. The maximum Gasteiger partial charge on any atom is 0.193 e. The molecule has 0 aromatic carbocycles. The molecule has 0 rings (SSSR count). The van der Waals surface area contributed by atoms with Gasteiger partial charge in [-0.1, -0.05) is 20.8 Å². The molecule has 0 radical (unpaired) electrons. The molecular formula is C7H19NOSi. The molecule has 0 aliphatic heterocycles. The van der Waals surface area contributed by atoms with E-state index in [2.05, 4.69) is 33.9 Å². The van der Waals surface area contributed by atoms with Gasteiger partial charge in [0.15, 0.2) is 8.32 Å². The van der Waals surface area contributed by atoms with E-state index in [4.69, 9.17) is 10.2 Å². The molecule has 0 saturated heterocycles. The lowest BCUT2D eigenvalue weighted by Gasteiger charge is -2.35. The fourth-order valence-corrected chi connectivity index (χ4v) is 1.27. The minimum Gasteiger partial charge on any atom is -0.405 e. The molecule has 0 fully saturated rings. The SMILES string of the molecule is CC(C)(C)[Si](C)(C)OCN. The molecule has 0 aromatic rings. The molecule has 0 saturated carbocycles. The van der Waals surface area contributed by atoms with E-state index in [1.807, 2.05) is 0 Å². The van der Waals surface area contributed by atoms with Crippen LogP contribution in [0.4, 0.5) is 0 Å². The summed E-state index contributed by atoms with van der Waals surface area (Å²) in [5.41, 5.74) is 5.32. The van der Waals surface area contributed by atoms with Gasteiger partial charge in [-0.15, -0.1) is 0 Å². The summed E-state index contributed by atoms with van der Waals surface area (Å²) in [6.45, 7) is 11.4. The van der Waals surface area contributed by atoms with E-state index in [9.17, 15) is 0 Å². The third kappa shape index (κ3) is 2.40. The standard InChI is InChI=1S/C7H19NOSi/c1-7(2,3)10(4,5)9-6-8/h6,8H2,1-5H3. The van der Waals surface area contributed by atoms with Crippen LogP contribution < -0.4 is 5.73 Å². The molecule has 0 atom stereocenters. The highest BCUT2D eigenvalue weighted by Gasteiger charge is 2.36. The first-order valence-corrected chi connectivity index (χ1v) is 6.56. The fraction of sp³-hybridized carbons (Fsp3) is 1.00. The molecule has 0 spiro atoms. The summed E-state index contributed by atoms with van der Waals surface area (Å²) < 4.78 is 5.51. The quantitative estimate of drug-likeness (QED) is 0.496. The molecule has 3 heteroatoms. The van der Waals surface area contributed by atoms with Crippen LogP contribution in [0.1, 0.15) is 20.8 Å². The fourth-order valence-electron chi connectivity index (χ4n) is 0.425. The summed E-state index contributed by atoms with van der Waals surface area (Å²) in [5, 5.41) is 0.284. The van der Waals surface area contributed by atoms with E-state index < -0.39 is 8.32 Å². The summed E-state index contributed by atoms with van der Waals surface area (Å²) in [5.74, 6) is 0. The molecular weight excluding hydrogens is 142 g/mol. The van der Waals surface area contributed by atoms with Crippen molar-refractivity contribution in [3.63, 3.8) is 0 Å². The molecule has 0 aliphatic carbocycles. The Bertz CT molecular complexity index is 107. The molecule has 0 unspecified atom stereocenters. The molecule has 62 valence electrons. The van der Waals surface area contributed by atoms with Crippen LogP contribution in [0.25, 0.3) is 0 Å². The normalized spacial score (nSPS) is 13.8. The van der Waals surface area contributed by atoms with Gasteiger partial charge >= 0.3 is 0 Å². The van der Waals surface area contributed by atoms with Crippen molar-refractivity contribution in [3.8, 4) is 0 Å². The Morgan fingerprint density at radius 3 is 1.80 bits per heavy atom. The Morgan fingerprint density at radius 2 is 1.70 bits per heavy atom. The molecule has 0 aliphatic rings. The Hall–Kier alpha value is 0.137. The maximum atomic E-state index is 5.51. The number of nitrogens with two attached hydrogens (primary N) is 1. The highest BCUT2D eigenvalue weighted by molar-refractivity contribution is 6.74. The van der Waals surface area contributed by atoms with Crippen molar-refractivity contribution in [2.45, 2.75) is 38.9 Å². The van der Waals surface area contributed by atoms with Crippen molar-refractivity contribution in [1.29, 1.82) is 0 Å². The average molecular weight is 161 g/mol. The summed E-state index contributed by atoms with van der Waals surface area (Å²) in [6.07, 6.45) is 0. The van der Waals surface area contributed by atoms with Crippen LogP contribution in [-0.4, -0.2) is 15.0 Å². The molecule has 0 amide bonds. The lowest BCUT2D eigenvalue weighted by atomic mass is 10.2. The van der Waals surface area contributed by atoms with Crippen molar-refractivity contribution in [1.82, 2.24) is 0 Å². The van der Waals surface area contributed by atoms with Gasteiger partial charge in [0.2, 0.25) is 0 Å². The Balaban J connectivity index is 4.10. The Kier molecular flexibility index (Phi) is 3.07. The molecule has 0 bridgehead atoms. The monoisotopic (exact) mass is 161 g/mol. The van der Waals surface area contributed by atoms with Gasteiger partial charge in [-0.05, 0) is 18.1 Å². The van der Waals surface area contributed by atoms with Gasteiger partial charge in [0.1, 0.15) is 0 Å². The molecule has 2 N–H and O–H groups in total. The van der Waals surface area contributed by atoms with Gasteiger partial charge in [-0.3, -0.25) is 0 Å². The van der Waals surface area contributed by atoms with Crippen molar-refractivity contribution >= 4 is 8.32 Å². The molecule has 10 heavy (non-hydrogen) atoms. The topological polar surface area (TPSA) is 35.2 Å². The van der Waals surface area contributed by atoms with Crippen LogP contribution in [0.15, 0.2) is 0 Å². The van der Waals surface area contributed by atoms with E-state index in [-0.39, 0.29) is 5.04 Å². The number of rotatable bonds is 2. The maximum absolute atomic E-state index is 5.51. The average Bonchev–Trinajstić information content (AvgIpc) is 1.61. The van der Waals surface area contributed by atoms with Gasteiger partial charge in [-0.2, -0.15) is 0 Å². The minimum atomic E-state index is -1.53. The van der Waals surface area contributed by atoms with E-state index in [1.165, 1.54) is 0 Å². The van der Waals surface area contributed by atoms with E-state index in [1.54, 1.807) is 0 Å². The summed E-state index contributed by atoms with van der Waals surface area (Å²) >= 11 is 0. The molecule has 0 aromatic heterocycles. The Morgan fingerprint density at radius 1 is 1.30 bits per heavy atom. The third-order valence-electron chi connectivity index (χ3n) is 2.25. The number of hydrogen-bond acceptors (Lipinski definition) is 2. The lowest BCUT2D eigenvalue weighted by Crippen LogP contribution is -2.42. The largest absolute Gasteiger partial charge is 0.405 e. The van der Waals surface area contributed by atoms with Gasteiger partial charge in [0.25, 0.3) is 0 Å². The first-order valence-electron chi connectivity index (χ1n) is 3.65. The molecule has 0 heterocycles. The first kappa shape index (κ1) is 10.1. The van der Waals surface area contributed by atoms with Crippen molar-refractivity contribution < 1.29 is 4.43 Å². The van der Waals surface area contributed by atoms with Crippen LogP contribution in [0.5, 0.6) is 0 Å². The van der Waals surface area contributed by atoms with Crippen molar-refractivity contribution in [2.75, 3.05) is 6.73 Å². The second-order valence-corrected chi connectivity index (χ2v) is 8.88. The van der Waals surface area contributed by atoms with Crippen LogP contribution in [0.3, 0.4) is 0 Å². The van der Waals surface area contributed by atoms with Gasteiger partial charge in [-0.25, -0.2) is 0 Å². The van der Waals surface area contributed by atoms with E-state index in [0.717, 1.165) is 0 Å². The highest BCUT2D eigenvalue weighted by Crippen LogP contribution is 2.35. The van der Waals surface area contributed by atoms with E-state index >= 15 is 0 Å².